The lowest BCUT2D eigenvalue weighted by atomic mass is 9.93. The number of fused-ring (bicyclic) bond motifs is 1. The molecule has 0 aromatic heterocycles. The largest absolute Gasteiger partial charge is 0.480 e. The Hall–Kier alpha value is -1.88. The highest BCUT2D eigenvalue weighted by atomic mass is 16.5. The summed E-state index contributed by atoms with van der Waals surface area (Å²) >= 11 is 0. The average molecular weight is 317 g/mol. The Labute approximate surface area is 136 Å². The molecule has 1 aliphatic carbocycles. The Bertz CT molecular complexity index is 559. The Balaban J connectivity index is 1.65. The van der Waals surface area contributed by atoms with Gasteiger partial charge in [-0.05, 0) is 36.7 Å². The van der Waals surface area contributed by atoms with Crippen LogP contribution in [0.2, 0.25) is 0 Å². The predicted molar refractivity (Wildman–Crippen MR) is 84.9 cm³/mol. The summed E-state index contributed by atoms with van der Waals surface area (Å²) in [7, 11) is 0. The Morgan fingerprint density at radius 1 is 1.22 bits per heavy atom. The van der Waals surface area contributed by atoms with Gasteiger partial charge in [-0.1, -0.05) is 36.8 Å². The first-order valence-electron chi connectivity index (χ1n) is 8.31. The molecule has 2 aliphatic rings. The smallest absolute Gasteiger partial charge is 0.323 e. The molecular formula is C18H23NO4. The number of carbonyl (C=O) groups is 2. The molecule has 0 bridgehead atoms. The van der Waals surface area contributed by atoms with Crippen LogP contribution >= 0.6 is 0 Å². The van der Waals surface area contributed by atoms with Crippen LogP contribution in [0.25, 0.3) is 0 Å². The summed E-state index contributed by atoms with van der Waals surface area (Å²) in [4.78, 5) is 25.4. The number of ether oxygens (including phenoxy) is 1. The first kappa shape index (κ1) is 16.0. The zero-order valence-electron chi connectivity index (χ0n) is 13.2. The zero-order chi connectivity index (χ0) is 16.2. The molecule has 0 radical (unpaired) electrons. The molecule has 23 heavy (non-hydrogen) atoms. The molecule has 3 atom stereocenters. The number of carboxylic acid groups (broad SMARTS) is 1. The van der Waals surface area contributed by atoms with Crippen LogP contribution in [0.1, 0.15) is 24.8 Å². The minimum absolute atomic E-state index is 0.155. The minimum atomic E-state index is -0.979. The number of amides is 1. The van der Waals surface area contributed by atoms with Gasteiger partial charge < -0.3 is 14.7 Å². The molecular weight excluding hydrogens is 294 g/mol. The maximum absolute atomic E-state index is 12.8. The maximum atomic E-state index is 12.8. The van der Waals surface area contributed by atoms with E-state index < -0.39 is 12.1 Å². The van der Waals surface area contributed by atoms with Crippen molar-refractivity contribution >= 4 is 11.9 Å². The lowest BCUT2D eigenvalue weighted by Gasteiger charge is -2.26. The number of rotatable bonds is 6. The van der Waals surface area contributed by atoms with Gasteiger partial charge >= 0.3 is 5.97 Å². The molecule has 1 aliphatic heterocycles. The summed E-state index contributed by atoms with van der Waals surface area (Å²) in [6.07, 6.45) is 3.49. The molecule has 0 spiro atoms. The quantitative estimate of drug-likeness (QED) is 0.871. The monoisotopic (exact) mass is 317 g/mol. The van der Waals surface area contributed by atoms with Gasteiger partial charge in [-0.15, -0.1) is 0 Å². The Morgan fingerprint density at radius 2 is 2.00 bits per heavy atom. The molecule has 5 nitrogen and oxygen atoms in total. The summed E-state index contributed by atoms with van der Waals surface area (Å²) in [5.41, 5.74) is 1.10. The highest BCUT2D eigenvalue weighted by Gasteiger charge is 2.45. The van der Waals surface area contributed by atoms with Crippen molar-refractivity contribution in [3.05, 3.63) is 35.9 Å². The number of aliphatic carboxylic acids is 1. The van der Waals surface area contributed by atoms with Crippen molar-refractivity contribution in [1.29, 1.82) is 0 Å². The van der Waals surface area contributed by atoms with Gasteiger partial charge in [0.05, 0.1) is 6.61 Å². The molecule has 1 saturated heterocycles. The summed E-state index contributed by atoms with van der Waals surface area (Å²) in [6.45, 7) is 0.788. The van der Waals surface area contributed by atoms with E-state index in [-0.39, 0.29) is 18.4 Å². The van der Waals surface area contributed by atoms with E-state index in [2.05, 4.69) is 0 Å². The van der Waals surface area contributed by atoms with E-state index >= 15 is 0 Å². The molecule has 124 valence electrons. The van der Waals surface area contributed by atoms with Gasteiger partial charge in [-0.3, -0.25) is 9.59 Å². The summed E-state index contributed by atoms with van der Waals surface area (Å²) in [5, 5.41) is 9.13. The number of carbonyl (C=O) groups excluding carboxylic acids is 1. The Kier molecular flexibility index (Phi) is 4.96. The third kappa shape index (κ3) is 3.72. The van der Waals surface area contributed by atoms with Gasteiger partial charge in [0.15, 0.2) is 0 Å². The van der Waals surface area contributed by atoms with Gasteiger partial charge in [-0.2, -0.15) is 0 Å². The second-order valence-electron chi connectivity index (χ2n) is 6.50. The summed E-state index contributed by atoms with van der Waals surface area (Å²) in [5.74, 6) is -0.384. The van der Waals surface area contributed by atoms with Crippen LogP contribution in [0.15, 0.2) is 30.3 Å². The fourth-order valence-corrected chi connectivity index (χ4v) is 3.80. The van der Waals surface area contributed by atoms with E-state index in [1.54, 1.807) is 0 Å². The van der Waals surface area contributed by atoms with Crippen LogP contribution < -0.4 is 0 Å². The van der Waals surface area contributed by atoms with Crippen LogP contribution in [0.4, 0.5) is 0 Å². The van der Waals surface area contributed by atoms with Crippen molar-refractivity contribution in [3.63, 3.8) is 0 Å². The predicted octanol–water partition coefficient (Wildman–Crippen LogP) is 1.96. The molecule has 1 aromatic rings. The van der Waals surface area contributed by atoms with Crippen molar-refractivity contribution in [2.75, 3.05) is 19.7 Å². The van der Waals surface area contributed by atoms with Crippen LogP contribution in [0, 0.1) is 11.8 Å². The third-order valence-corrected chi connectivity index (χ3v) is 4.99. The van der Waals surface area contributed by atoms with Crippen molar-refractivity contribution in [1.82, 2.24) is 4.90 Å². The lowest BCUT2D eigenvalue weighted by molar-refractivity contribution is -0.150. The molecule has 1 saturated carbocycles. The van der Waals surface area contributed by atoms with Crippen molar-refractivity contribution < 1.29 is 19.4 Å². The number of hydrogen-bond acceptors (Lipinski definition) is 3. The molecule has 2 fully saturated rings. The van der Waals surface area contributed by atoms with Gasteiger partial charge in [0.2, 0.25) is 0 Å². The zero-order valence-corrected chi connectivity index (χ0v) is 13.2. The van der Waals surface area contributed by atoms with Gasteiger partial charge in [0.1, 0.15) is 12.6 Å². The number of hydrogen-bond donors (Lipinski definition) is 1. The lowest BCUT2D eigenvalue weighted by Crippen LogP contribution is -2.45. The van der Waals surface area contributed by atoms with E-state index in [0.717, 1.165) is 24.8 Å². The molecule has 3 rings (SSSR count). The van der Waals surface area contributed by atoms with Crippen molar-refractivity contribution in [3.8, 4) is 0 Å². The number of carboxylic acids is 1. The van der Waals surface area contributed by atoms with E-state index in [1.165, 1.54) is 4.90 Å². The molecule has 1 amide bonds. The SMILES string of the molecule is O=C(O)CN(CCc1ccccc1)C(=O)[C@@H]1OC[C@@H]2CCC[C@@H]21. The summed E-state index contributed by atoms with van der Waals surface area (Å²) in [6, 6.07) is 9.81. The first-order chi connectivity index (χ1) is 11.1. The van der Waals surface area contributed by atoms with Gasteiger partial charge in [-0.25, -0.2) is 0 Å². The molecule has 5 heteroatoms. The minimum Gasteiger partial charge on any atom is -0.480 e. The van der Waals surface area contributed by atoms with E-state index in [0.29, 0.717) is 25.5 Å². The first-order valence-corrected chi connectivity index (χ1v) is 8.31. The van der Waals surface area contributed by atoms with Gasteiger partial charge in [0, 0.05) is 6.54 Å². The molecule has 1 heterocycles. The third-order valence-electron chi connectivity index (χ3n) is 4.99. The van der Waals surface area contributed by atoms with Crippen LogP contribution in [0.5, 0.6) is 0 Å². The summed E-state index contributed by atoms with van der Waals surface area (Å²) < 4.78 is 5.71. The highest BCUT2D eigenvalue weighted by molar-refractivity contribution is 5.85. The van der Waals surface area contributed by atoms with Gasteiger partial charge in [0.25, 0.3) is 5.91 Å². The second kappa shape index (κ2) is 7.13. The molecule has 1 aromatic carbocycles. The van der Waals surface area contributed by atoms with Crippen molar-refractivity contribution in [2.45, 2.75) is 31.8 Å². The molecule has 0 unspecified atom stereocenters. The Morgan fingerprint density at radius 3 is 2.74 bits per heavy atom. The van der Waals surface area contributed by atoms with Crippen LogP contribution in [0.3, 0.4) is 0 Å². The molecule has 1 N–H and O–H groups in total. The fraction of sp³-hybridized carbons (Fsp3) is 0.556. The van der Waals surface area contributed by atoms with E-state index in [9.17, 15) is 9.59 Å². The maximum Gasteiger partial charge on any atom is 0.323 e. The standard InChI is InChI=1S/C18H23NO4/c20-16(21)11-19(10-9-13-5-2-1-3-6-13)18(22)17-15-8-4-7-14(15)12-23-17/h1-3,5-6,14-15,17H,4,7-12H2,(H,20,21)/t14-,15-,17+/m0/s1. The number of nitrogens with zero attached hydrogens (tertiary/aromatic N) is 1. The normalized spacial score (nSPS) is 26.0. The average Bonchev–Trinajstić information content (AvgIpc) is 3.14. The fourth-order valence-electron chi connectivity index (χ4n) is 3.80. The van der Waals surface area contributed by atoms with Crippen LogP contribution in [-0.2, 0) is 20.7 Å². The highest BCUT2D eigenvalue weighted by Crippen LogP contribution is 2.41. The topological polar surface area (TPSA) is 66.8 Å². The van der Waals surface area contributed by atoms with E-state index in [4.69, 9.17) is 9.84 Å². The van der Waals surface area contributed by atoms with E-state index in [1.807, 2.05) is 30.3 Å². The van der Waals surface area contributed by atoms with Crippen LogP contribution in [-0.4, -0.2) is 47.7 Å². The second-order valence-corrected chi connectivity index (χ2v) is 6.50. The van der Waals surface area contributed by atoms with Crippen molar-refractivity contribution in [2.24, 2.45) is 11.8 Å². The number of benzene rings is 1.